The average Bonchev–Trinajstić information content (AvgIpc) is 2.52. The Kier molecular flexibility index (Phi) is 6.55. The molecule has 124 valence electrons. The molecule has 0 aromatic heterocycles. The monoisotopic (exact) mass is 316 g/mol. The predicted octanol–water partition coefficient (Wildman–Crippen LogP) is 2.54. The number of hydrogen-bond acceptors (Lipinski definition) is 4. The highest BCUT2D eigenvalue weighted by molar-refractivity contribution is 5.97. The van der Waals surface area contributed by atoms with Crippen molar-refractivity contribution >= 4 is 5.91 Å². The highest BCUT2D eigenvalue weighted by Gasteiger charge is 2.24. The van der Waals surface area contributed by atoms with Crippen LogP contribution in [0.3, 0.4) is 0 Å². The smallest absolute Gasteiger partial charge is 0.387 e. The summed E-state index contributed by atoms with van der Waals surface area (Å²) in [7, 11) is 1.31. The van der Waals surface area contributed by atoms with E-state index in [2.05, 4.69) is 10.1 Å². The Bertz CT molecular complexity index is 506. The maximum Gasteiger partial charge on any atom is 0.387 e. The predicted molar refractivity (Wildman–Crippen MR) is 79.5 cm³/mol. The molecule has 0 bridgehead atoms. The number of methoxy groups -OCH3 is 1. The lowest BCUT2D eigenvalue weighted by molar-refractivity contribution is -0.0515. The molecule has 0 aliphatic heterocycles. The third-order valence-corrected chi connectivity index (χ3v) is 3.66. The minimum absolute atomic E-state index is 0.0193. The zero-order valence-electron chi connectivity index (χ0n) is 13.0. The number of alkyl halides is 2. The molecule has 0 aliphatic carbocycles. The fourth-order valence-electron chi connectivity index (χ4n) is 1.92. The van der Waals surface area contributed by atoms with Crippen LogP contribution in [0.5, 0.6) is 11.5 Å². The molecule has 0 atom stereocenters. The maximum absolute atomic E-state index is 12.5. The van der Waals surface area contributed by atoms with Gasteiger partial charge in [0.25, 0.3) is 5.91 Å². The summed E-state index contributed by atoms with van der Waals surface area (Å²) in [6.45, 7) is 1.03. The number of carbonyl (C=O) groups excluding carboxylic acids is 1. The van der Waals surface area contributed by atoms with Crippen molar-refractivity contribution in [1.29, 1.82) is 0 Å². The molecule has 0 spiro atoms. The minimum Gasteiger partial charge on any atom is -0.493 e. The summed E-state index contributed by atoms with van der Waals surface area (Å²) in [6, 6.07) is 4.37. The Balaban J connectivity index is 2.97. The summed E-state index contributed by atoms with van der Waals surface area (Å²) in [6.07, 6.45) is 1.37. The molecular weight excluding hydrogens is 294 g/mol. The molecule has 1 aromatic carbocycles. The van der Waals surface area contributed by atoms with Gasteiger partial charge in [0.1, 0.15) is 0 Å². The Morgan fingerprint density at radius 3 is 2.50 bits per heavy atom. The lowest BCUT2D eigenvalue weighted by atomic mass is 9.94. The van der Waals surface area contributed by atoms with Crippen molar-refractivity contribution in [1.82, 2.24) is 5.32 Å². The fraction of sp³-hybridized carbons (Fsp3) is 0.533. The number of nitrogens with two attached hydrogens (primary N) is 1. The van der Waals surface area contributed by atoms with Gasteiger partial charge in [0.15, 0.2) is 11.5 Å². The second kappa shape index (κ2) is 7.93. The Morgan fingerprint density at radius 2 is 2.00 bits per heavy atom. The number of para-hydroxylation sites is 1. The molecule has 1 amide bonds. The Morgan fingerprint density at radius 1 is 1.36 bits per heavy atom. The number of amides is 1. The van der Waals surface area contributed by atoms with E-state index in [1.54, 1.807) is 0 Å². The maximum atomic E-state index is 12.5. The highest BCUT2D eigenvalue weighted by atomic mass is 19.3. The topological polar surface area (TPSA) is 73.6 Å². The van der Waals surface area contributed by atoms with Crippen molar-refractivity contribution in [3.8, 4) is 11.5 Å². The van der Waals surface area contributed by atoms with E-state index in [0.717, 1.165) is 0 Å². The van der Waals surface area contributed by atoms with Gasteiger partial charge in [0, 0.05) is 12.1 Å². The van der Waals surface area contributed by atoms with Gasteiger partial charge in [-0.15, -0.1) is 0 Å². The number of halogens is 2. The Hall–Kier alpha value is -1.89. The summed E-state index contributed by atoms with van der Waals surface area (Å²) < 4.78 is 34.5. The molecule has 7 heteroatoms. The van der Waals surface area contributed by atoms with Gasteiger partial charge in [-0.05, 0) is 25.0 Å². The van der Waals surface area contributed by atoms with Gasteiger partial charge in [-0.1, -0.05) is 19.9 Å². The SMILES string of the molecule is CCC(N)(CC)CNC(=O)c1cccc(OC)c1OC(F)F. The van der Waals surface area contributed by atoms with Crippen LogP contribution >= 0.6 is 0 Å². The van der Waals surface area contributed by atoms with Crippen LogP contribution in [0, 0.1) is 0 Å². The third-order valence-electron chi connectivity index (χ3n) is 3.66. The number of ether oxygens (including phenoxy) is 2. The van der Waals surface area contributed by atoms with Crippen LogP contribution in [-0.2, 0) is 0 Å². The van der Waals surface area contributed by atoms with Crippen molar-refractivity contribution in [2.24, 2.45) is 5.73 Å². The van der Waals surface area contributed by atoms with Gasteiger partial charge in [-0.25, -0.2) is 0 Å². The van der Waals surface area contributed by atoms with Crippen LogP contribution in [0.1, 0.15) is 37.0 Å². The van der Waals surface area contributed by atoms with E-state index in [0.29, 0.717) is 12.8 Å². The number of nitrogens with one attached hydrogen (secondary N) is 1. The lowest BCUT2D eigenvalue weighted by Gasteiger charge is -2.27. The molecule has 5 nitrogen and oxygen atoms in total. The molecule has 0 heterocycles. The molecule has 22 heavy (non-hydrogen) atoms. The number of carbonyl (C=O) groups is 1. The van der Waals surface area contributed by atoms with Crippen LogP contribution in [0.4, 0.5) is 8.78 Å². The molecule has 0 saturated heterocycles. The molecule has 1 aromatic rings. The fourth-order valence-corrected chi connectivity index (χ4v) is 1.92. The summed E-state index contributed by atoms with van der Waals surface area (Å²) >= 11 is 0. The summed E-state index contributed by atoms with van der Waals surface area (Å²) in [5.74, 6) is -0.752. The van der Waals surface area contributed by atoms with Crippen LogP contribution in [0.2, 0.25) is 0 Å². The molecule has 1 rings (SSSR count). The van der Waals surface area contributed by atoms with Crippen molar-refractivity contribution in [2.45, 2.75) is 38.8 Å². The number of benzene rings is 1. The summed E-state index contributed by atoms with van der Waals surface area (Å²) in [5.41, 5.74) is 5.56. The van der Waals surface area contributed by atoms with E-state index in [4.69, 9.17) is 10.5 Å². The van der Waals surface area contributed by atoms with Gasteiger partial charge >= 0.3 is 6.61 Å². The first-order chi connectivity index (χ1) is 10.4. The molecular formula is C15H22F2N2O3. The zero-order valence-corrected chi connectivity index (χ0v) is 13.0. The quantitative estimate of drug-likeness (QED) is 0.773. The number of hydrogen-bond donors (Lipinski definition) is 2. The van der Waals surface area contributed by atoms with Crippen molar-refractivity contribution < 1.29 is 23.0 Å². The standard InChI is InChI=1S/C15H22F2N2O3/c1-4-15(18,5-2)9-19-13(20)10-7-6-8-11(21-3)12(10)22-14(16)17/h6-8,14H,4-5,9,18H2,1-3H3,(H,19,20). The molecule has 0 radical (unpaired) electrons. The highest BCUT2D eigenvalue weighted by Crippen LogP contribution is 2.32. The van der Waals surface area contributed by atoms with E-state index < -0.39 is 18.1 Å². The molecule has 0 saturated carbocycles. The van der Waals surface area contributed by atoms with Gasteiger partial charge in [0.05, 0.1) is 12.7 Å². The van der Waals surface area contributed by atoms with Crippen molar-refractivity contribution in [2.75, 3.05) is 13.7 Å². The van der Waals surface area contributed by atoms with Gasteiger partial charge in [0.2, 0.25) is 0 Å². The molecule has 0 unspecified atom stereocenters. The molecule has 0 fully saturated rings. The van der Waals surface area contributed by atoms with Crippen LogP contribution < -0.4 is 20.5 Å². The number of rotatable bonds is 8. The van der Waals surface area contributed by atoms with E-state index >= 15 is 0 Å². The Labute approximate surface area is 128 Å². The van der Waals surface area contributed by atoms with Crippen molar-refractivity contribution in [3.05, 3.63) is 23.8 Å². The first-order valence-corrected chi connectivity index (χ1v) is 7.05. The van der Waals surface area contributed by atoms with E-state index in [-0.39, 0.29) is 23.6 Å². The normalized spacial score (nSPS) is 11.4. The van der Waals surface area contributed by atoms with Crippen LogP contribution in [0.15, 0.2) is 18.2 Å². The van der Waals surface area contributed by atoms with Gasteiger partial charge in [-0.2, -0.15) is 8.78 Å². The van der Waals surface area contributed by atoms with E-state index in [1.165, 1.54) is 25.3 Å². The van der Waals surface area contributed by atoms with Gasteiger partial charge < -0.3 is 20.5 Å². The van der Waals surface area contributed by atoms with E-state index in [9.17, 15) is 13.6 Å². The van der Waals surface area contributed by atoms with Crippen LogP contribution in [-0.4, -0.2) is 31.7 Å². The second-order valence-electron chi connectivity index (χ2n) is 4.97. The van der Waals surface area contributed by atoms with Crippen molar-refractivity contribution in [3.63, 3.8) is 0 Å². The van der Waals surface area contributed by atoms with Crippen LogP contribution in [0.25, 0.3) is 0 Å². The largest absolute Gasteiger partial charge is 0.493 e. The zero-order chi connectivity index (χ0) is 16.8. The second-order valence-corrected chi connectivity index (χ2v) is 4.97. The molecule has 0 aliphatic rings. The summed E-state index contributed by atoms with van der Waals surface area (Å²) in [5, 5.41) is 2.66. The minimum atomic E-state index is -3.05. The summed E-state index contributed by atoms with van der Waals surface area (Å²) in [4.78, 5) is 12.2. The lowest BCUT2D eigenvalue weighted by Crippen LogP contribution is -2.49. The van der Waals surface area contributed by atoms with Gasteiger partial charge in [-0.3, -0.25) is 4.79 Å². The average molecular weight is 316 g/mol. The first-order valence-electron chi connectivity index (χ1n) is 7.05. The first kappa shape index (κ1) is 18.2. The van der Waals surface area contributed by atoms with E-state index in [1.807, 2.05) is 13.8 Å². The third kappa shape index (κ3) is 4.56. The molecule has 3 N–H and O–H groups in total.